The number of halogens is 13. The maximum absolute atomic E-state index is 13.9. The summed E-state index contributed by atoms with van der Waals surface area (Å²) >= 11 is 0. The van der Waals surface area contributed by atoms with E-state index in [-0.39, 0.29) is 12.8 Å². The first kappa shape index (κ1) is 34.5. The summed E-state index contributed by atoms with van der Waals surface area (Å²) in [5.41, 5.74) is 2.09. The van der Waals surface area contributed by atoms with Gasteiger partial charge in [0, 0.05) is 6.42 Å². The van der Waals surface area contributed by atoms with Crippen LogP contribution in [-0.4, -0.2) is 42.4 Å². The van der Waals surface area contributed by atoms with Gasteiger partial charge in [-0.25, -0.2) is 0 Å². The average Bonchev–Trinajstić information content (AvgIpc) is 2.89. The Morgan fingerprint density at radius 2 is 1.02 bits per heavy atom. The zero-order valence-electron chi connectivity index (χ0n) is 21.6. The lowest BCUT2D eigenvalue weighted by Gasteiger charge is -2.39. The predicted octanol–water partition coefficient (Wildman–Crippen LogP) is 10.4. The van der Waals surface area contributed by atoms with Crippen molar-refractivity contribution in [3.05, 3.63) is 54.1 Å². The van der Waals surface area contributed by atoms with Crippen LogP contribution in [0.2, 0.25) is 0 Å². The van der Waals surface area contributed by atoms with Gasteiger partial charge in [0.1, 0.15) is 5.75 Å². The Morgan fingerprint density at radius 1 is 0.537 bits per heavy atom. The Bertz CT molecular complexity index is 1090. The number of benzene rings is 2. The van der Waals surface area contributed by atoms with Gasteiger partial charge in [-0.1, -0.05) is 56.2 Å². The van der Waals surface area contributed by atoms with Gasteiger partial charge < -0.3 is 4.74 Å². The quantitative estimate of drug-likeness (QED) is 0.143. The topological polar surface area (TPSA) is 9.23 Å². The van der Waals surface area contributed by atoms with Crippen molar-refractivity contribution in [2.45, 2.75) is 87.7 Å². The Labute approximate surface area is 227 Å². The summed E-state index contributed by atoms with van der Waals surface area (Å²) in [6.07, 6.45) is -7.90. The van der Waals surface area contributed by atoms with Gasteiger partial charge in [0.25, 0.3) is 0 Å². The molecule has 14 heteroatoms. The molecule has 0 heterocycles. The largest absolute Gasteiger partial charge is 0.494 e. The van der Waals surface area contributed by atoms with Crippen LogP contribution in [0.25, 0.3) is 11.1 Å². The average molecular weight is 614 g/mol. The smallest absolute Gasteiger partial charge is 0.460 e. The molecule has 232 valence electrons. The first-order chi connectivity index (χ1) is 18.7. The molecule has 2 aromatic carbocycles. The second-order valence-electron chi connectivity index (χ2n) is 9.48. The third-order valence-electron chi connectivity index (χ3n) is 6.36. The fourth-order valence-corrected chi connectivity index (χ4v) is 3.78. The van der Waals surface area contributed by atoms with E-state index >= 15 is 0 Å². The third-order valence-corrected chi connectivity index (χ3v) is 6.36. The molecule has 1 nitrogen and oxygen atoms in total. The lowest BCUT2D eigenvalue weighted by Crippen LogP contribution is -2.70. The fourth-order valence-electron chi connectivity index (χ4n) is 3.78. The number of hydrogen-bond acceptors (Lipinski definition) is 1. The van der Waals surface area contributed by atoms with Gasteiger partial charge in [-0.05, 0) is 54.5 Å². The molecular formula is C27H27F13O. The highest BCUT2D eigenvalue weighted by atomic mass is 19.4. The first-order valence-corrected chi connectivity index (χ1v) is 12.5. The van der Waals surface area contributed by atoms with Crippen LogP contribution < -0.4 is 4.74 Å². The molecule has 0 atom stereocenters. The predicted molar refractivity (Wildman–Crippen MR) is 125 cm³/mol. The number of aryl methyl sites for hydroxylation is 1. The van der Waals surface area contributed by atoms with Gasteiger partial charge in [0.2, 0.25) is 0 Å². The molecule has 0 aliphatic heterocycles. The van der Waals surface area contributed by atoms with Crippen molar-refractivity contribution in [3.8, 4) is 16.9 Å². The van der Waals surface area contributed by atoms with Crippen LogP contribution in [0.3, 0.4) is 0 Å². The van der Waals surface area contributed by atoms with E-state index in [0.717, 1.165) is 30.4 Å². The monoisotopic (exact) mass is 614 g/mol. The normalized spacial score (nSPS) is 13.9. The molecule has 2 rings (SSSR count). The molecule has 0 bridgehead atoms. The van der Waals surface area contributed by atoms with E-state index in [2.05, 4.69) is 6.92 Å². The lowest BCUT2D eigenvalue weighted by molar-refractivity contribution is -0.440. The summed E-state index contributed by atoms with van der Waals surface area (Å²) in [5.74, 6) is -35.9. The molecule has 0 aliphatic carbocycles. The van der Waals surface area contributed by atoms with Crippen molar-refractivity contribution in [2.75, 3.05) is 6.61 Å². The van der Waals surface area contributed by atoms with Crippen LogP contribution >= 0.6 is 0 Å². The molecular weight excluding hydrogens is 587 g/mol. The highest BCUT2D eigenvalue weighted by molar-refractivity contribution is 5.64. The number of alkyl halides is 13. The molecule has 0 fully saturated rings. The Morgan fingerprint density at radius 3 is 1.51 bits per heavy atom. The molecule has 0 saturated carbocycles. The molecule has 2 aromatic rings. The Hall–Kier alpha value is -2.67. The summed E-state index contributed by atoms with van der Waals surface area (Å²) in [7, 11) is 0. The highest BCUT2D eigenvalue weighted by Gasteiger charge is 2.90. The van der Waals surface area contributed by atoms with Crippen molar-refractivity contribution in [1.82, 2.24) is 0 Å². The first-order valence-electron chi connectivity index (χ1n) is 12.5. The third kappa shape index (κ3) is 7.22. The number of rotatable bonds is 15. The summed E-state index contributed by atoms with van der Waals surface area (Å²) < 4.78 is 177. The van der Waals surface area contributed by atoms with E-state index in [1.807, 2.05) is 0 Å². The van der Waals surface area contributed by atoms with E-state index in [1.165, 1.54) is 0 Å². The highest BCUT2D eigenvalue weighted by Crippen LogP contribution is 2.60. The van der Waals surface area contributed by atoms with Crippen molar-refractivity contribution in [3.63, 3.8) is 0 Å². The minimum Gasteiger partial charge on any atom is -0.494 e. The van der Waals surface area contributed by atoms with Crippen LogP contribution in [0.5, 0.6) is 5.75 Å². The molecule has 0 spiro atoms. The van der Waals surface area contributed by atoms with Gasteiger partial charge in [-0.2, -0.15) is 57.1 Å². The number of unbranched alkanes of at least 4 members (excludes halogenated alkanes) is 3. The second kappa shape index (κ2) is 12.7. The van der Waals surface area contributed by atoms with Gasteiger partial charge in [0.15, 0.2) is 0 Å². The van der Waals surface area contributed by atoms with E-state index in [4.69, 9.17) is 4.74 Å². The van der Waals surface area contributed by atoms with Crippen LogP contribution in [0.4, 0.5) is 57.1 Å². The Balaban J connectivity index is 1.98. The molecule has 0 saturated heterocycles. The van der Waals surface area contributed by atoms with Crippen molar-refractivity contribution < 1.29 is 61.8 Å². The van der Waals surface area contributed by atoms with Gasteiger partial charge in [-0.15, -0.1) is 0 Å². The van der Waals surface area contributed by atoms with Crippen LogP contribution in [0, 0.1) is 0 Å². The summed E-state index contributed by atoms with van der Waals surface area (Å²) in [6, 6.07) is 13.6. The Kier molecular flexibility index (Phi) is 10.7. The maximum Gasteiger partial charge on any atom is 0.460 e. The molecule has 0 unspecified atom stereocenters. The SMILES string of the molecule is CCCCCOc1ccc(-c2ccc(CCCCC(F)(F)C(F)(F)C(F)(F)C(F)(F)C(F)(F)C(F)(F)F)cc2)cc1. The lowest BCUT2D eigenvalue weighted by atomic mass is 9.91. The van der Waals surface area contributed by atoms with E-state index in [0.29, 0.717) is 17.9 Å². The molecule has 0 radical (unpaired) electrons. The minimum atomic E-state index is -7.87. The number of hydrogen-bond donors (Lipinski definition) is 0. The molecule has 0 N–H and O–H groups in total. The van der Waals surface area contributed by atoms with E-state index < -0.39 is 48.6 Å². The summed E-state index contributed by atoms with van der Waals surface area (Å²) in [5, 5.41) is 0. The summed E-state index contributed by atoms with van der Waals surface area (Å²) in [6.45, 7) is 2.65. The van der Waals surface area contributed by atoms with E-state index in [9.17, 15) is 57.1 Å². The molecule has 41 heavy (non-hydrogen) atoms. The number of ether oxygens (including phenoxy) is 1. The van der Waals surface area contributed by atoms with Gasteiger partial charge >= 0.3 is 35.8 Å². The standard InChI is InChI=1S/C27H27F13O/c1-2-3-6-17-41-21-14-12-20(13-15-21)19-10-8-18(9-11-19)7-4-5-16-22(28,29)23(30,31)24(32,33)25(34,35)26(36,37)27(38,39)40/h8-15H,2-7,16-17H2,1H3. The molecule has 0 amide bonds. The van der Waals surface area contributed by atoms with Crippen LogP contribution in [0.15, 0.2) is 48.5 Å². The van der Waals surface area contributed by atoms with Gasteiger partial charge in [-0.3, -0.25) is 0 Å². The zero-order valence-corrected chi connectivity index (χ0v) is 21.6. The summed E-state index contributed by atoms with van der Waals surface area (Å²) in [4.78, 5) is 0. The van der Waals surface area contributed by atoms with Crippen molar-refractivity contribution in [2.24, 2.45) is 0 Å². The second-order valence-corrected chi connectivity index (χ2v) is 9.48. The van der Waals surface area contributed by atoms with Crippen molar-refractivity contribution >= 4 is 0 Å². The van der Waals surface area contributed by atoms with Crippen molar-refractivity contribution in [1.29, 1.82) is 0 Å². The fraction of sp³-hybridized carbons (Fsp3) is 0.556. The molecule has 0 aliphatic rings. The maximum atomic E-state index is 13.9. The zero-order chi connectivity index (χ0) is 31.3. The van der Waals surface area contributed by atoms with Crippen LogP contribution in [0.1, 0.15) is 51.0 Å². The molecule has 0 aromatic heterocycles. The van der Waals surface area contributed by atoms with Crippen LogP contribution in [-0.2, 0) is 6.42 Å². The van der Waals surface area contributed by atoms with Gasteiger partial charge in [0.05, 0.1) is 6.61 Å². The van der Waals surface area contributed by atoms with E-state index in [1.54, 1.807) is 48.5 Å². The minimum absolute atomic E-state index is 0.0365.